The largest absolute Gasteiger partial charge is 0.381 e. The van der Waals surface area contributed by atoms with E-state index in [1.807, 2.05) is 24.3 Å². The first kappa shape index (κ1) is 15.8. The molecule has 2 aromatic rings. The number of rotatable bonds is 4. The van der Waals surface area contributed by atoms with E-state index in [1.165, 1.54) is 0 Å². The molecule has 1 aliphatic heterocycles. The monoisotopic (exact) mass is 348 g/mol. The van der Waals surface area contributed by atoms with E-state index in [9.17, 15) is 8.42 Å². The molecule has 7 heteroatoms. The lowest BCUT2D eigenvalue weighted by molar-refractivity contribution is 0.0778. The van der Waals surface area contributed by atoms with Crippen molar-refractivity contribution in [2.75, 3.05) is 13.2 Å². The maximum absolute atomic E-state index is 12.7. The summed E-state index contributed by atoms with van der Waals surface area (Å²) in [5.74, 6) is 0.836. The molecule has 2 aliphatic rings. The van der Waals surface area contributed by atoms with Crippen LogP contribution in [-0.2, 0) is 33.2 Å². The van der Waals surface area contributed by atoms with Crippen LogP contribution in [0.1, 0.15) is 41.6 Å². The number of nitrogens with zero attached hydrogens (tertiary/aromatic N) is 2. The van der Waals surface area contributed by atoms with Crippen LogP contribution in [0.4, 0.5) is 0 Å². The maximum Gasteiger partial charge on any atom is 0.229 e. The molecule has 128 valence electrons. The minimum atomic E-state index is -3.31. The summed E-state index contributed by atoms with van der Waals surface area (Å²) in [6.45, 7) is 1.36. The molecule has 6 nitrogen and oxygen atoms in total. The first-order valence-electron chi connectivity index (χ1n) is 8.30. The van der Waals surface area contributed by atoms with Gasteiger partial charge in [-0.1, -0.05) is 29.4 Å². The van der Waals surface area contributed by atoms with Crippen LogP contribution >= 0.6 is 0 Å². The quantitative estimate of drug-likeness (QED) is 0.841. The summed E-state index contributed by atoms with van der Waals surface area (Å²) in [4.78, 5) is 4.33. The van der Waals surface area contributed by atoms with Crippen LogP contribution in [0.5, 0.6) is 0 Å². The summed E-state index contributed by atoms with van der Waals surface area (Å²) in [5.41, 5.74) is 2.25. The molecule has 0 amide bonds. The van der Waals surface area contributed by atoms with Crippen LogP contribution < -0.4 is 0 Å². The van der Waals surface area contributed by atoms with Crippen molar-refractivity contribution < 1.29 is 17.7 Å². The average Bonchev–Trinajstić information content (AvgIpc) is 3.22. The highest BCUT2D eigenvalue weighted by molar-refractivity contribution is 7.91. The van der Waals surface area contributed by atoms with E-state index in [-0.39, 0.29) is 22.7 Å². The third-order valence-electron chi connectivity index (χ3n) is 4.91. The second kappa shape index (κ2) is 6.29. The summed E-state index contributed by atoms with van der Waals surface area (Å²) in [5, 5.41) is 3.50. The molecule has 0 N–H and O–H groups in total. The van der Waals surface area contributed by atoms with Gasteiger partial charge in [0.25, 0.3) is 0 Å². The standard InChI is InChI=1S/C17H20N2O4S/c20-24(21,15-9-13-3-1-2-4-14(13)10-15)11-16-18-17(23-19-16)12-5-7-22-8-6-12/h1-4,12,15H,5-11H2. The Balaban J connectivity index is 1.46. The zero-order chi connectivity index (χ0) is 16.6. The van der Waals surface area contributed by atoms with Crippen molar-refractivity contribution in [1.82, 2.24) is 10.1 Å². The number of hydrogen-bond acceptors (Lipinski definition) is 6. The Hall–Kier alpha value is -1.73. The van der Waals surface area contributed by atoms with Gasteiger partial charge in [-0.05, 0) is 36.8 Å². The average molecular weight is 348 g/mol. The lowest BCUT2D eigenvalue weighted by Crippen LogP contribution is -2.24. The summed E-state index contributed by atoms with van der Waals surface area (Å²) in [6.07, 6.45) is 2.82. The predicted molar refractivity (Wildman–Crippen MR) is 87.4 cm³/mol. The summed E-state index contributed by atoms with van der Waals surface area (Å²) >= 11 is 0. The van der Waals surface area contributed by atoms with Crippen molar-refractivity contribution in [1.29, 1.82) is 0 Å². The van der Waals surface area contributed by atoms with Crippen LogP contribution in [0.15, 0.2) is 28.8 Å². The topological polar surface area (TPSA) is 82.3 Å². The van der Waals surface area contributed by atoms with Gasteiger partial charge in [-0.2, -0.15) is 4.98 Å². The van der Waals surface area contributed by atoms with E-state index in [4.69, 9.17) is 9.26 Å². The molecule has 0 bridgehead atoms. The van der Waals surface area contributed by atoms with Gasteiger partial charge in [0.15, 0.2) is 15.7 Å². The first-order valence-corrected chi connectivity index (χ1v) is 10.0. The van der Waals surface area contributed by atoms with E-state index in [0.717, 1.165) is 24.0 Å². The third kappa shape index (κ3) is 3.10. The van der Waals surface area contributed by atoms with Gasteiger partial charge in [0.05, 0.1) is 5.25 Å². The van der Waals surface area contributed by atoms with Crippen molar-refractivity contribution in [3.63, 3.8) is 0 Å². The lowest BCUT2D eigenvalue weighted by Gasteiger charge is -2.17. The second-order valence-corrected chi connectivity index (χ2v) is 8.82. The molecule has 1 aromatic carbocycles. The molecule has 2 heterocycles. The van der Waals surface area contributed by atoms with E-state index in [1.54, 1.807) is 0 Å². The molecule has 0 unspecified atom stereocenters. The molecular formula is C17H20N2O4S. The normalized spacial score (nSPS) is 19.5. The van der Waals surface area contributed by atoms with E-state index in [0.29, 0.717) is 31.9 Å². The fraction of sp³-hybridized carbons (Fsp3) is 0.529. The molecule has 0 saturated carbocycles. The van der Waals surface area contributed by atoms with Gasteiger partial charge >= 0.3 is 0 Å². The molecule has 4 rings (SSSR count). The minimum absolute atomic E-state index is 0.154. The second-order valence-electron chi connectivity index (χ2n) is 6.54. The SMILES string of the molecule is O=S(=O)(Cc1noc(C2CCOCC2)n1)C1Cc2ccccc2C1. The molecular weight excluding hydrogens is 328 g/mol. The summed E-state index contributed by atoms with van der Waals surface area (Å²) in [6, 6.07) is 7.91. The smallest absolute Gasteiger partial charge is 0.229 e. The zero-order valence-corrected chi connectivity index (χ0v) is 14.2. The Morgan fingerprint density at radius 3 is 2.42 bits per heavy atom. The van der Waals surface area contributed by atoms with Crippen molar-refractivity contribution in [3.05, 3.63) is 47.1 Å². The number of fused-ring (bicyclic) bond motifs is 1. The Morgan fingerprint density at radius 1 is 1.08 bits per heavy atom. The number of hydrogen-bond donors (Lipinski definition) is 0. The van der Waals surface area contributed by atoms with Crippen LogP contribution in [0.2, 0.25) is 0 Å². The van der Waals surface area contributed by atoms with Gasteiger partial charge in [-0.3, -0.25) is 0 Å². The molecule has 1 fully saturated rings. The minimum Gasteiger partial charge on any atom is -0.381 e. The highest BCUT2D eigenvalue weighted by Gasteiger charge is 2.33. The van der Waals surface area contributed by atoms with Gasteiger partial charge in [-0.15, -0.1) is 0 Å². The molecule has 0 spiro atoms. The van der Waals surface area contributed by atoms with E-state index < -0.39 is 9.84 Å². The number of aromatic nitrogens is 2. The Labute approximate surface area is 141 Å². The van der Waals surface area contributed by atoms with Gasteiger partial charge in [-0.25, -0.2) is 8.42 Å². The fourth-order valence-electron chi connectivity index (χ4n) is 3.51. The molecule has 0 radical (unpaired) electrons. The Bertz CT molecular complexity index is 800. The third-order valence-corrected chi connectivity index (χ3v) is 6.92. The molecule has 0 atom stereocenters. The summed E-state index contributed by atoms with van der Waals surface area (Å²) in [7, 11) is -3.31. The highest BCUT2D eigenvalue weighted by Crippen LogP contribution is 2.29. The van der Waals surface area contributed by atoms with Gasteiger partial charge in [0, 0.05) is 19.1 Å². The Kier molecular flexibility index (Phi) is 4.14. The van der Waals surface area contributed by atoms with Crippen LogP contribution in [0.25, 0.3) is 0 Å². The van der Waals surface area contributed by atoms with Gasteiger partial charge in [0.2, 0.25) is 5.89 Å². The van der Waals surface area contributed by atoms with Crippen LogP contribution in [-0.4, -0.2) is 37.0 Å². The number of sulfone groups is 1. The molecule has 1 saturated heterocycles. The Morgan fingerprint density at radius 2 is 1.75 bits per heavy atom. The predicted octanol–water partition coefficient (Wildman–Crippen LogP) is 2.05. The molecule has 1 aromatic heterocycles. The number of ether oxygens (including phenoxy) is 1. The van der Waals surface area contributed by atoms with E-state index >= 15 is 0 Å². The van der Waals surface area contributed by atoms with Crippen molar-refractivity contribution in [3.8, 4) is 0 Å². The maximum atomic E-state index is 12.7. The van der Waals surface area contributed by atoms with Crippen molar-refractivity contribution in [2.24, 2.45) is 0 Å². The van der Waals surface area contributed by atoms with Gasteiger partial charge in [0.1, 0.15) is 5.75 Å². The fourth-order valence-corrected chi connectivity index (χ4v) is 5.09. The van der Waals surface area contributed by atoms with Crippen molar-refractivity contribution in [2.45, 2.75) is 42.6 Å². The zero-order valence-electron chi connectivity index (χ0n) is 13.3. The highest BCUT2D eigenvalue weighted by atomic mass is 32.2. The summed E-state index contributed by atoms with van der Waals surface area (Å²) < 4.78 is 36.0. The van der Waals surface area contributed by atoms with Gasteiger partial charge < -0.3 is 9.26 Å². The molecule has 1 aliphatic carbocycles. The van der Waals surface area contributed by atoms with E-state index in [2.05, 4.69) is 10.1 Å². The number of benzene rings is 1. The lowest BCUT2D eigenvalue weighted by atomic mass is 10.0. The van der Waals surface area contributed by atoms with Crippen LogP contribution in [0.3, 0.4) is 0 Å². The van der Waals surface area contributed by atoms with Crippen LogP contribution in [0, 0.1) is 0 Å². The molecule has 24 heavy (non-hydrogen) atoms. The van der Waals surface area contributed by atoms with Crippen molar-refractivity contribution >= 4 is 9.84 Å². The first-order chi connectivity index (χ1) is 11.6.